The molecule has 0 saturated carbocycles. The van der Waals surface area contributed by atoms with Crippen LogP contribution in [0.2, 0.25) is 0 Å². The molecule has 0 aromatic heterocycles. The van der Waals surface area contributed by atoms with Gasteiger partial charge in [0.15, 0.2) is 0 Å². The molecule has 1 aromatic rings. The molecule has 3 nitrogen and oxygen atoms in total. The predicted octanol–water partition coefficient (Wildman–Crippen LogP) is 2.04. The molecular weight excluding hydrogens is 200 g/mol. The molecule has 0 radical (unpaired) electrons. The van der Waals surface area contributed by atoms with E-state index >= 15 is 0 Å². The third kappa shape index (κ3) is 3.93. The molecule has 0 fully saturated rings. The molecule has 0 aliphatic heterocycles. The fourth-order valence-electron chi connectivity index (χ4n) is 1.66. The Morgan fingerprint density at radius 2 is 1.94 bits per heavy atom. The van der Waals surface area contributed by atoms with Crippen molar-refractivity contribution in [2.24, 2.45) is 0 Å². The van der Waals surface area contributed by atoms with Crippen LogP contribution in [0.25, 0.3) is 0 Å². The van der Waals surface area contributed by atoms with Gasteiger partial charge in [0.1, 0.15) is 0 Å². The number of benzene rings is 1. The Morgan fingerprint density at radius 1 is 1.31 bits per heavy atom. The molecule has 0 atom stereocenters. The van der Waals surface area contributed by atoms with Gasteiger partial charge >= 0.3 is 0 Å². The van der Waals surface area contributed by atoms with Gasteiger partial charge in [-0.1, -0.05) is 18.2 Å². The molecule has 3 heteroatoms. The summed E-state index contributed by atoms with van der Waals surface area (Å²) in [6.07, 6.45) is 0. The molecule has 16 heavy (non-hydrogen) atoms. The van der Waals surface area contributed by atoms with E-state index in [9.17, 15) is 4.79 Å². The highest BCUT2D eigenvalue weighted by molar-refractivity contribution is 5.72. The van der Waals surface area contributed by atoms with Crippen molar-refractivity contribution < 1.29 is 4.79 Å². The molecule has 0 heterocycles. The number of hydrogen-bond donors (Lipinski definition) is 1. The molecule has 1 rings (SSSR count). The topological polar surface area (TPSA) is 32.3 Å². The van der Waals surface area contributed by atoms with E-state index in [0.29, 0.717) is 12.6 Å². The second-order valence-corrected chi connectivity index (χ2v) is 4.11. The first-order chi connectivity index (χ1) is 7.61. The quantitative estimate of drug-likeness (QED) is 0.823. The molecular formula is C13H20N2O. The van der Waals surface area contributed by atoms with E-state index in [1.807, 2.05) is 18.2 Å². The molecule has 88 valence electrons. The first kappa shape index (κ1) is 12.6. The number of hydrogen-bond acceptors (Lipinski definition) is 2. The van der Waals surface area contributed by atoms with Crippen LogP contribution in [0.5, 0.6) is 0 Å². The van der Waals surface area contributed by atoms with Gasteiger partial charge in [0.2, 0.25) is 5.91 Å². The highest BCUT2D eigenvalue weighted by Crippen LogP contribution is 2.15. The number of rotatable bonds is 5. The third-order valence-electron chi connectivity index (χ3n) is 2.44. The molecule has 1 N–H and O–H groups in total. The van der Waals surface area contributed by atoms with E-state index < -0.39 is 0 Å². The predicted molar refractivity (Wildman–Crippen MR) is 67.6 cm³/mol. The van der Waals surface area contributed by atoms with Gasteiger partial charge in [-0.05, 0) is 26.0 Å². The smallest absolute Gasteiger partial charge is 0.216 e. The van der Waals surface area contributed by atoms with Gasteiger partial charge in [-0.2, -0.15) is 0 Å². The van der Waals surface area contributed by atoms with Crippen molar-refractivity contribution in [2.75, 3.05) is 18.0 Å². The Bertz CT molecular complexity index is 322. The van der Waals surface area contributed by atoms with Gasteiger partial charge in [0, 0.05) is 31.7 Å². The normalized spacial score (nSPS) is 10.2. The number of anilines is 1. The molecule has 0 aliphatic rings. The van der Waals surface area contributed by atoms with Crippen LogP contribution in [0.1, 0.15) is 20.8 Å². The van der Waals surface area contributed by atoms with Gasteiger partial charge < -0.3 is 10.2 Å². The van der Waals surface area contributed by atoms with Crippen LogP contribution in [0.15, 0.2) is 30.3 Å². The van der Waals surface area contributed by atoms with Crippen LogP contribution in [-0.2, 0) is 4.79 Å². The van der Waals surface area contributed by atoms with Crippen molar-refractivity contribution in [3.63, 3.8) is 0 Å². The van der Waals surface area contributed by atoms with E-state index in [0.717, 1.165) is 6.54 Å². The van der Waals surface area contributed by atoms with Crippen molar-refractivity contribution in [2.45, 2.75) is 26.8 Å². The standard InChI is InChI=1S/C13H20N2O/c1-11(2)15(10-9-14-12(3)16)13-7-5-4-6-8-13/h4-8,11H,9-10H2,1-3H3,(H,14,16). The van der Waals surface area contributed by atoms with E-state index in [-0.39, 0.29) is 5.91 Å². The van der Waals surface area contributed by atoms with Crippen LogP contribution in [-0.4, -0.2) is 25.0 Å². The summed E-state index contributed by atoms with van der Waals surface area (Å²) in [5.74, 6) is 0.0248. The summed E-state index contributed by atoms with van der Waals surface area (Å²) in [5.41, 5.74) is 1.20. The van der Waals surface area contributed by atoms with E-state index in [2.05, 4.69) is 36.2 Å². The van der Waals surface area contributed by atoms with Gasteiger partial charge in [0.25, 0.3) is 0 Å². The summed E-state index contributed by atoms with van der Waals surface area (Å²) in [4.78, 5) is 13.1. The highest BCUT2D eigenvalue weighted by Gasteiger charge is 2.09. The third-order valence-corrected chi connectivity index (χ3v) is 2.44. The number of nitrogens with zero attached hydrogens (tertiary/aromatic N) is 1. The van der Waals surface area contributed by atoms with E-state index in [1.54, 1.807) is 6.92 Å². The van der Waals surface area contributed by atoms with Gasteiger partial charge in [-0.15, -0.1) is 0 Å². The number of carbonyl (C=O) groups excluding carboxylic acids is 1. The number of carbonyl (C=O) groups is 1. The van der Waals surface area contributed by atoms with Crippen LogP contribution in [0.4, 0.5) is 5.69 Å². The number of amides is 1. The Labute approximate surface area is 97.5 Å². The minimum Gasteiger partial charge on any atom is -0.367 e. The second kappa shape index (κ2) is 6.16. The Hall–Kier alpha value is -1.51. The zero-order valence-electron chi connectivity index (χ0n) is 10.2. The summed E-state index contributed by atoms with van der Waals surface area (Å²) in [5, 5.41) is 2.82. The summed E-state index contributed by atoms with van der Waals surface area (Å²) < 4.78 is 0. The maximum atomic E-state index is 10.8. The van der Waals surface area contributed by atoms with Crippen LogP contribution < -0.4 is 10.2 Å². The zero-order valence-corrected chi connectivity index (χ0v) is 10.2. The molecule has 1 aromatic carbocycles. The lowest BCUT2D eigenvalue weighted by atomic mass is 10.2. The Morgan fingerprint density at radius 3 is 2.44 bits per heavy atom. The molecule has 1 amide bonds. The van der Waals surface area contributed by atoms with Crippen molar-refractivity contribution in [3.05, 3.63) is 30.3 Å². The lowest BCUT2D eigenvalue weighted by Gasteiger charge is -2.29. The Kier molecular flexibility index (Phi) is 4.83. The van der Waals surface area contributed by atoms with Crippen molar-refractivity contribution in [3.8, 4) is 0 Å². The van der Waals surface area contributed by atoms with E-state index in [1.165, 1.54) is 5.69 Å². The molecule has 0 spiro atoms. The van der Waals surface area contributed by atoms with E-state index in [4.69, 9.17) is 0 Å². The fourth-order valence-corrected chi connectivity index (χ4v) is 1.66. The molecule has 0 aliphatic carbocycles. The monoisotopic (exact) mass is 220 g/mol. The average Bonchev–Trinajstić information content (AvgIpc) is 2.25. The SMILES string of the molecule is CC(=O)NCCN(c1ccccc1)C(C)C. The zero-order chi connectivity index (χ0) is 12.0. The van der Waals surface area contributed by atoms with Crippen molar-refractivity contribution in [1.82, 2.24) is 5.32 Å². The molecule has 0 saturated heterocycles. The number of nitrogens with one attached hydrogen (secondary N) is 1. The summed E-state index contributed by atoms with van der Waals surface area (Å²) >= 11 is 0. The lowest BCUT2D eigenvalue weighted by Crippen LogP contribution is -2.38. The van der Waals surface area contributed by atoms with Crippen LogP contribution in [0, 0.1) is 0 Å². The summed E-state index contributed by atoms with van der Waals surface area (Å²) in [6, 6.07) is 10.7. The largest absolute Gasteiger partial charge is 0.367 e. The van der Waals surface area contributed by atoms with Gasteiger partial charge in [-0.3, -0.25) is 4.79 Å². The summed E-state index contributed by atoms with van der Waals surface area (Å²) in [7, 11) is 0. The van der Waals surface area contributed by atoms with Crippen LogP contribution in [0.3, 0.4) is 0 Å². The van der Waals surface area contributed by atoms with Gasteiger partial charge in [0.05, 0.1) is 0 Å². The fraction of sp³-hybridized carbons (Fsp3) is 0.462. The highest BCUT2D eigenvalue weighted by atomic mass is 16.1. The molecule has 0 unspecified atom stereocenters. The van der Waals surface area contributed by atoms with Crippen LogP contribution >= 0.6 is 0 Å². The maximum Gasteiger partial charge on any atom is 0.216 e. The Balaban J connectivity index is 2.58. The maximum absolute atomic E-state index is 10.8. The molecule has 0 bridgehead atoms. The van der Waals surface area contributed by atoms with Crippen molar-refractivity contribution in [1.29, 1.82) is 0 Å². The minimum atomic E-state index is 0.0248. The minimum absolute atomic E-state index is 0.0248. The van der Waals surface area contributed by atoms with Gasteiger partial charge in [-0.25, -0.2) is 0 Å². The second-order valence-electron chi connectivity index (χ2n) is 4.11. The number of para-hydroxylation sites is 1. The average molecular weight is 220 g/mol. The first-order valence-electron chi connectivity index (χ1n) is 5.67. The first-order valence-corrected chi connectivity index (χ1v) is 5.67. The van der Waals surface area contributed by atoms with Crippen molar-refractivity contribution >= 4 is 11.6 Å². The lowest BCUT2D eigenvalue weighted by molar-refractivity contribution is -0.118. The summed E-state index contributed by atoms with van der Waals surface area (Å²) in [6.45, 7) is 7.37.